The summed E-state index contributed by atoms with van der Waals surface area (Å²) in [5.74, 6) is -0.00888. The minimum atomic E-state index is -4.72. The molecule has 1 aromatic carbocycles. The molecular weight excluding hydrogens is 463 g/mol. The lowest BCUT2D eigenvalue weighted by Gasteiger charge is -2.09. The average Bonchev–Trinajstić information content (AvgIpc) is 3.43. The Kier molecular flexibility index (Phi) is 5.31. The molecule has 0 fully saturated rings. The Labute approximate surface area is 184 Å². The number of nitriles is 1. The van der Waals surface area contributed by atoms with Gasteiger partial charge in [-0.3, -0.25) is 0 Å². The third kappa shape index (κ3) is 4.12. The average molecular weight is 475 g/mol. The third-order valence-corrected chi connectivity index (χ3v) is 6.37. The van der Waals surface area contributed by atoms with Gasteiger partial charge < -0.3 is 0 Å². The summed E-state index contributed by atoms with van der Waals surface area (Å²) in [7, 11) is -3.53. The molecule has 12 heteroatoms. The topological polar surface area (TPSA) is 102 Å². The van der Waals surface area contributed by atoms with Crippen LogP contribution < -0.4 is 0 Å². The van der Waals surface area contributed by atoms with Crippen molar-refractivity contribution in [2.45, 2.75) is 11.1 Å². The van der Waals surface area contributed by atoms with E-state index >= 15 is 0 Å². The van der Waals surface area contributed by atoms with Gasteiger partial charge in [0.15, 0.2) is 21.3 Å². The number of nitrogens with zero attached hydrogens (tertiary/aromatic N) is 5. The first-order valence-corrected chi connectivity index (χ1v) is 11.6. The van der Waals surface area contributed by atoms with Gasteiger partial charge in [0, 0.05) is 35.2 Å². The van der Waals surface area contributed by atoms with Crippen molar-refractivity contribution in [3.63, 3.8) is 0 Å². The molecule has 7 nitrogen and oxygen atoms in total. The van der Waals surface area contributed by atoms with Crippen molar-refractivity contribution >= 4 is 21.2 Å². The van der Waals surface area contributed by atoms with Crippen molar-refractivity contribution in [2.24, 2.45) is 0 Å². The van der Waals surface area contributed by atoms with Crippen LogP contribution in [0.1, 0.15) is 11.3 Å². The SMILES string of the molecule is CS(=O)(=O)c1ccc(-n2nc(C(F)(F)F)cc2-c2ccc(-c3nccs3)c(C#N)c2)nc1. The molecule has 0 spiro atoms. The van der Waals surface area contributed by atoms with Crippen LogP contribution in [0.3, 0.4) is 0 Å². The van der Waals surface area contributed by atoms with E-state index in [1.165, 1.54) is 29.5 Å². The maximum atomic E-state index is 13.4. The molecule has 4 rings (SSSR count). The molecule has 0 radical (unpaired) electrons. The fourth-order valence-corrected chi connectivity index (χ4v) is 4.19. The quantitative estimate of drug-likeness (QED) is 0.435. The van der Waals surface area contributed by atoms with Gasteiger partial charge in [0.1, 0.15) is 5.01 Å². The number of pyridine rings is 1. The van der Waals surface area contributed by atoms with E-state index in [4.69, 9.17) is 0 Å². The summed E-state index contributed by atoms with van der Waals surface area (Å²) in [6.45, 7) is 0. The van der Waals surface area contributed by atoms with E-state index in [-0.39, 0.29) is 22.0 Å². The Balaban J connectivity index is 1.88. The summed E-state index contributed by atoms with van der Waals surface area (Å²) < 4.78 is 64.5. The van der Waals surface area contributed by atoms with Crippen LogP contribution in [0.2, 0.25) is 0 Å². The summed E-state index contributed by atoms with van der Waals surface area (Å²) in [6.07, 6.45) is -1.08. The number of aromatic nitrogens is 4. The zero-order chi connectivity index (χ0) is 23.1. The molecule has 0 saturated heterocycles. The van der Waals surface area contributed by atoms with Gasteiger partial charge >= 0.3 is 6.18 Å². The highest BCUT2D eigenvalue weighted by molar-refractivity contribution is 7.90. The van der Waals surface area contributed by atoms with Crippen LogP contribution in [-0.4, -0.2) is 34.4 Å². The van der Waals surface area contributed by atoms with E-state index in [1.54, 1.807) is 23.7 Å². The fraction of sp³-hybridized carbons (Fsp3) is 0.100. The van der Waals surface area contributed by atoms with Crippen LogP contribution in [-0.2, 0) is 16.0 Å². The van der Waals surface area contributed by atoms with Gasteiger partial charge in [-0.25, -0.2) is 23.1 Å². The van der Waals surface area contributed by atoms with Crippen molar-refractivity contribution in [2.75, 3.05) is 6.26 Å². The zero-order valence-corrected chi connectivity index (χ0v) is 17.8. The predicted octanol–water partition coefficient (Wildman–Crippen LogP) is 4.35. The van der Waals surface area contributed by atoms with Crippen LogP contribution in [0, 0.1) is 11.3 Å². The molecule has 32 heavy (non-hydrogen) atoms. The largest absolute Gasteiger partial charge is 0.435 e. The lowest BCUT2D eigenvalue weighted by Crippen LogP contribution is -2.08. The number of hydrogen-bond acceptors (Lipinski definition) is 7. The number of thiazole rings is 1. The lowest BCUT2D eigenvalue weighted by atomic mass is 10.0. The molecule has 0 aliphatic rings. The van der Waals surface area contributed by atoms with Gasteiger partial charge in [0.25, 0.3) is 0 Å². The van der Waals surface area contributed by atoms with Crippen molar-refractivity contribution < 1.29 is 21.6 Å². The van der Waals surface area contributed by atoms with E-state index in [2.05, 4.69) is 15.1 Å². The Morgan fingerprint density at radius 2 is 1.91 bits per heavy atom. The second kappa shape index (κ2) is 7.85. The number of hydrogen-bond donors (Lipinski definition) is 0. The van der Waals surface area contributed by atoms with Crippen molar-refractivity contribution in [1.82, 2.24) is 19.7 Å². The summed E-state index contributed by atoms with van der Waals surface area (Å²) >= 11 is 1.33. The Morgan fingerprint density at radius 1 is 1.12 bits per heavy atom. The standard InChI is InChI=1S/C20H12F3N5O2S2/c1-32(29,30)14-3-5-18(26-11-14)28-16(9-17(27-28)20(21,22)23)12-2-4-15(13(8-12)10-24)19-25-6-7-31-19/h2-9,11H,1H3. The minimum absolute atomic E-state index is 0.00888. The van der Waals surface area contributed by atoms with Gasteiger partial charge in [-0.05, 0) is 30.3 Å². The van der Waals surface area contributed by atoms with Gasteiger partial charge in [-0.2, -0.15) is 23.5 Å². The number of benzene rings is 1. The van der Waals surface area contributed by atoms with E-state index in [0.717, 1.165) is 23.2 Å². The molecule has 162 valence electrons. The normalized spacial score (nSPS) is 12.0. The second-order valence-corrected chi connectivity index (χ2v) is 9.57. The van der Waals surface area contributed by atoms with Crippen LogP contribution >= 0.6 is 11.3 Å². The highest BCUT2D eigenvalue weighted by Crippen LogP contribution is 2.35. The number of sulfone groups is 1. The Hall–Kier alpha value is -3.56. The molecule has 4 aromatic rings. The summed E-state index contributed by atoms with van der Waals surface area (Å²) in [6, 6.07) is 10.0. The maximum absolute atomic E-state index is 13.4. The Morgan fingerprint density at radius 3 is 2.47 bits per heavy atom. The van der Waals surface area contributed by atoms with E-state index in [1.807, 2.05) is 6.07 Å². The minimum Gasteiger partial charge on any atom is -0.245 e. The molecule has 3 heterocycles. The molecular formula is C20H12F3N5O2S2. The molecule has 0 unspecified atom stereocenters. The van der Waals surface area contributed by atoms with Gasteiger partial charge in [-0.15, -0.1) is 11.3 Å². The first-order valence-electron chi connectivity index (χ1n) is 8.86. The predicted molar refractivity (Wildman–Crippen MR) is 111 cm³/mol. The fourth-order valence-electron chi connectivity index (χ4n) is 2.96. The van der Waals surface area contributed by atoms with Gasteiger partial charge in [0.05, 0.1) is 22.2 Å². The number of alkyl halides is 3. The lowest BCUT2D eigenvalue weighted by molar-refractivity contribution is -0.141. The summed E-state index contributed by atoms with van der Waals surface area (Å²) in [5.41, 5.74) is -0.00917. The number of rotatable bonds is 4. The first kappa shape index (κ1) is 21.7. The maximum Gasteiger partial charge on any atom is 0.435 e. The Bertz CT molecular complexity index is 1440. The van der Waals surface area contributed by atoms with E-state index in [9.17, 15) is 26.9 Å². The molecule has 0 aliphatic carbocycles. The molecule has 0 aliphatic heterocycles. The van der Waals surface area contributed by atoms with Crippen LogP contribution in [0.25, 0.3) is 27.6 Å². The molecule has 0 atom stereocenters. The molecule has 0 saturated carbocycles. The van der Waals surface area contributed by atoms with Crippen LogP contribution in [0.15, 0.2) is 59.1 Å². The smallest absolute Gasteiger partial charge is 0.245 e. The molecule has 3 aromatic heterocycles. The highest BCUT2D eigenvalue weighted by atomic mass is 32.2. The molecule has 0 amide bonds. The highest BCUT2D eigenvalue weighted by Gasteiger charge is 2.35. The van der Waals surface area contributed by atoms with Crippen LogP contribution in [0.4, 0.5) is 13.2 Å². The first-order chi connectivity index (χ1) is 15.1. The summed E-state index contributed by atoms with van der Waals surface area (Å²) in [4.78, 5) is 8.07. The third-order valence-electron chi connectivity index (χ3n) is 4.46. The van der Waals surface area contributed by atoms with Crippen molar-refractivity contribution in [1.29, 1.82) is 5.26 Å². The zero-order valence-electron chi connectivity index (χ0n) is 16.2. The summed E-state index contributed by atoms with van der Waals surface area (Å²) in [5, 5.41) is 15.6. The van der Waals surface area contributed by atoms with Gasteiger partial charge in [0.2, 0.25) is 0 Å². The van der Waals surface area contributed by atoms with Crippen LogP contribution in [0.5, 0.6) is 0 Å². The van der Waals surface area contributed by atoms with E-state index in [0.29, 0.717) is 16.1 Å². The van der Waals surface area contributed by atoms with Crippen molar-refractivity contribution in [3.8, 4) is 33.7 Å². The molecule has 0 bridgehead atoms. The monoisotopic (exact) mass is 475 g/mol. The second-order valence-electron chi connectivity index (χ2n) is 6.66. The number of halogens is 3. The van der Waals surface area contributed by atoms with Crippen molar-refractivity contribution in [3.05, 3.63) is 65.4 Å². The van der Waals surface area contributed by atoms with E-state index < -0.39 is 21.7 Å². The molecule has 0 N–H and O–H groups in total. The van der Waals surface area contributed by atoms with Gasteiger partial charge in [-0.1, -0.05) is 6.07 Å².